The van der Waals surface area contributed by atoms with Crippen molar-refractivity contribution >= 4 is 58.6 Å². The van der Waals surface area contributed by atoms with Crippen LogP contribution in [0.4, 0.5) is 50.8 Å². The molecule has 0 bridgehead atoms. The summed E-state index contributed by atoms with van der Waals surface area (Å²) in [5, 5.41) is 27.1. The summed E-state index contributed by atoms with van der Waals surface area (Å²) < 4.78 is 4.99. The van der Waals surface area contributed by atoms with Crippen molar-refractivity contribution in [2.75, 3.05) is 29.1 Å². The number of amides is 1. The van der Waals surface area contributed by atoms with Gasteiger partial charge in [-0.15, -0.1) is 10.2 Å². The van der Waals surface area contributed by atoms with Crippen LogP contribution in [0.15, 0.2) is 105 Å². The molecular weight excluding hydrogens is 635 g/mol. The molecule has 4 aromatic rings. The van der Waals surface area contributed by atoms with Crippen LogP contribution in [-0.4, -0.2) is 29.1 Å². The Balaban J connectivity index is 0. The summed E-state index contributed by atoms with van der Waals surface area (Å²) in [4.78, 5) is 30.7. The number of hydrogen-bond donors (Lipinski definition) is 4. The van der Waals surface area contributed by atoms with Crippen molar-refractivity contribution < 1.29 is 129 Å². The third-order valence-electron chi connectivity index (χ3n) is 4.89. The van der Waals surface area contributed by atoms with Crippen molar-refractivity contribution in [3.8, 4) is 0 Å². The second kappa shape index (κ2) is 25.5. The van der Waals surface area contributed by atoms with Gasteiger partial charge in [0.15, 0.2) is 11.6 Å². The molecule has 0 spiro atoms. The summed E-state index contributed by atoms with van der Waals surface area (Å²) in [6, 6.07) is 25.2. The average molecular weight is 667 g/mol. The zero-order chi connectivity index (χ0) is 31.3. The minimum Gasteiger partial charge on any atom is -1.00 e. The van der Waals surface area contributed by atoms with Gasteiger partial charge in [0.25, 0.3) is 6.47 Å². The first kappa shape index (κ1) is 42.3. The zero-order valence-electron chi connectivity index (χ0n) is 26.2. The molecule has 0 fully saturated rings. The molecule has 0 saturated heterocycles. The van der Waals surface area contributed by atoms with Gasteiger partial charge in [-0.25, -0.2) is 14.8 Å². The van der Waals surface area contributed by atoms with E-state index in [2.05, 4.69) is 40.6 Å². The Bertz CT molecular complexity index is 1490. The smallest absolute Gasteiger partial charge is 1.00 e. The van der Waals surface area contributed by atoms with Crippen molar-refractivity contribution in [3.05, 3.63) is 84.9 Å². The first-order valence-corrected chi connectivity index (χ1v) is 12.7. The van der Waals surface area contributed by atoms with Gasteiger partial charge in [0.05, 0.1) is 18.0 Å². The Morgan fingerprint density at radius 2 is 1.31 bits per heavy atom. The summed E-state index contributed by atoms with van der Waals surface area (Å²) in [7, 11) is 0. The maximum atomic E-state index is 11.5. The Hall–Kier alpha value is -2.69. The number of nitrogens with one attached hydrogen (secondary N) is 1. The van der Waals surface area contributed by atoms with Crippen molar-refractivity contribution in [2.24, 2.45) is 20.5 Å². The molecule has 0 aliphatic heterocycles. The number of azo groups is 2. The quantitative estimate of drug-likeness (QED) is 0.0452. The van der Waals surface area contributed by atoms with Gasteiger partial charge in [0.1, 0.15) is 23.0 Å². The van der Waals surface area contributed by atoms with Crippen LogP contribution in [0, 0.1) is 0 Å². The van der Waals surface area contributed by atoms with Crippen molar-refractivity contribution in [2.45, 2.75) is 19.8 Å². The van der Waals surface area contributed by atoms with Crippen LogP contribution in [-0.2, 0) is 14.4 Å². The average Bonchev–Trinajstić information content (AvgIpc) is 3.02. The number of aromatic nitrogens is 2. The molecule has 17 heteroatoms. The molecule has 0 unspecified atom stereocenters. The maximum Gasteiger partial charge on any atom is 1.00 e. The van der Waals surface area contributed by atoms with Crippen LogP contribution < -0.4 is 131 Å². The van der Waals surface area contributed by atoms with E-state index >= 15 is 0 Å². The van der Waals surface area contributed by atoms with E-state index in [1.165, 1.54) is 0 Å². The van der Waals surface area contributed by atoms with Crippen molar-refractivity contribution in [1.82, 2.24) is 9.97 Å². The van der Waals surface area contributed by atoms with Gasteiger partial charge in [-0.2, -0.15) is 10.2 Å². The van der Waals surface area contributed by atoms with E-state index in [1.807, 2.05) is 67.6 Å². The van der Waals surface area contributed by atoms with Crippen molar-refractivity contribution in [1.29, 1.82) is 0 Å². The molecule has 226 valence electrons. The van der Waals surface area contributed by atoms with E-state index in [0.29, 0.717) is 35.3 Å². The fraction of sp³-hybridized carbons (Fsp3) is 0.143. The number of hydrogen-bond acceptors (Lipinski definition) is 14. The number of carbonyl (C=O) groups excluding carboxylic acids is 2. The molecule has 0 aliphatic carbocycles. The second-order valence-electron chi connectivity index (χ2n) is 8.12. The van der Waals surface area contributed by atoms with Gasteiger partial charge >= 0.3 is 109 Å². The SMILES string of the molecule is CCCCOC(=O)Nc1ccc(N=Nc2ccccc2)c(N)n1.Nc1ccc(N=Nc2ccccc2)c(N)n1.O=CO[O-].[H-].[K+].[K+]. The van der Waals surface area contributed by atoms with E-state index in [4.69, 9.17) is 32.0 Å². The molecule has 7 N–H and O–H groups in total. The summed E-state index contributed by atoms with van der Waals surface area (Å²) in [5.74, 6) is 1.13. The molecule has 15 nitrogen and oxygen atoms in total. The number of nitrogens with two attached hydrogens (primary N) is 3. The molecule has 0 saturated carbocycles. The molecule has 45 heavy (non-hydrogen) atoms. The standard InChI is InChI=1S/C16H19N5O2.C11H11N5.CH2O3.2K.H/c1-2-3-11-23-16(22)19-14-10-9-13(15(17)18-14)21-20-12-7-5-4-6-8-12;12-10-7-6-9(11(13)14-10)16-15-8-4-2-1-3-5-8;2-1-4-3;;;/h4-10H,2-3,11H2,1H3,(H3,17,18,19,22);1-7H,(H4,12,13,14);1,3H;;;/q;;;2*+1;-1/p-1. The number of benzene rings is 2. The largest absolute Gasteiger partial charge is 1.00 e. The monoisotopic (exact) mass is 666 g/mol. The van der Waals surface area contributed by atoms with E-state index in [1.54, 1.807) is 24.3 Å². The number of rotatable bonds is 9. The maximum absolute atomic E-state index is 11.5. The number of nitrogen functional groups attached to an aromatic ring is 3. The van der Waals surface area contributed by atoms with Gasteiger partial charge in [-0.3, -0.25) is 10.1 Å². The summed E-state index contributed by atoms with van der Waals surface area (Å²) >= 11 is 0. The number of unbranched alkanes of at least 4 members (excludes halogenated alkanes) is 1. The Kier molecular flexibility index (Phi) is 24.0. The van der Waals surface area contributed by atoms with E-state index in [9.17, 15) is 4.79 Å². The van der Waals surface area contributed by atoms with E-state index < -0.39 is 6.09 Å². The van der Waals surface area contributed by atoms with E-state index in [0.717, 1.165) is 18.5 Å². The van der Waals surface area contributed by atoms with Crippen LogP contribution >= 0.6 is 0 Å². The van der Waals surface area contributed by atoms with Crippen LogP contribution in [0.25, 0.3) is 0 Å². The summed E-state index contributed by atoms with van der Waals surface area (Å²) in [5.41, 5.74) is 19.4. The number of anilines is 4. The van der Waals surface area contributed by atoms with Gasteiger partial charge in [0, 0.05) is 0 Å². The number of ether oxygens (including phenoxy) is 1. The molecule has 2 aromatic carbocycles. The topological polar surface area (TPSA) is 241 Å². The van der Waals surface area contributed by atoms with E-state index in [-0.39, 0.29) is 122 Å². The van der Waals surface area contributed by atoms with Crippen LogP contribution in [0.1, 0.15) is 21.2 Å². The predicted octanol–water partition coefficient (Wildman–Crippen LogP) is -0.356. The molecule has 0 atom stereocenters. The number of nitrogens with zero attached hydrogens (tertiary/aromatic N) is 6. The molecule has 0 radical (unpaired) electrons. The fourth-order valence-electron chi connectivity index (χ4n) is 2.85. The molecule has 4 rings (SSSR count). The Morgan fingerprint density at radius 3 is 1.76 bits per heavy atom. The zero-order valence-corrected chi connectivity index (χ0v) is 31.5. The molecular formula is C28H32K2N10O5. The predicted molar refractivity (Wildman–Crippen MR) is 161 cm³/mol. The third kappa shape index (κ3) is 18.1. The summed E-state index contributed by atoms with van der Waals surface area (Å²) in [6.45, 7) is 2.22. The van der Waals surface area contributed by atoms with Gasteiger partial charge in [0.2, 0.25) is 0 Å². The normalized spacial score (nSPS) is 9.73. The van der Waals surface area contributed by atoms with Crippen LogP contribution in [0.5, 0.6) is 0 Å². The Morgan fingerprint density at radius 1 is 0.822 bits per heavy atom. The second-order valence-corrected chi connectivity index (χ2v) is 8.12. The third-order valence-corrected chi connectivity index (χ3v) is 4.89. The Labute approximate surface area is 346 Å². The van der Waals surface area contributed by atoms with Crippen LogP contribution in [0.3, 0.4) is 0 Å². The number of pyridine rings is 2. The molecule has 0 aliphatic rings. The first-order chi connectivity index (χ1) is 20.9. The van der Waals surface area contributed by atoms with Crippen LogP contribution in [0.2, 0.25) is 0 Å². The van der Waals surface area contributed by atoms with Gasteiger partial charge in [-0.05, 0) is 55.0 Å². The molecule has 2 aromatic heterocycles. The van der Waals surface area contributed by atoms with Gasteiger partial charge in [-0.1, -0.05) is 49.7 Å². The van der Waals surface area contributed by atoms with Gasteiger partial charge < -0.3 is 33.5 Å². The molecule has 2 heterocycles. The van der Waals surface area contributed by atoms with Crippen molar-refractivity contribution in [3.63, 3.8) is 0 Å². The minimum atomic E-state index is -0.552. The summed E-state index contributed by atoms with van der Waals surface area (Å²) in [6.07, 6.45) is 1.23. The molecule has 1 amide bonds. The number of carbonyl (C=O) groups is 2. The fourth-order valence-corrected chi connectivity index (χ4v) is 2.85. The minimum absolute atomic E-state index is 0. The first-order valence-electron chi connectivity index (χ1n) is 12.7.